The van der Waals surface area contributed by atoms with Gasteiger partial charge in [-0.15, -0.1) is 0 Å². The lowest BCUT2D eigenvalue weighted by Crippen LogP contribution is -2.23. The Hall–Kier alpha value is -3.68. The molecule has 8 heteroatoms. The predicted octanol–water partition coefficient (Wildman–Crippen LogP) is 4.83. The minimum atomic E-state index is -0.184. The summed E-state index contributed by atoms with van der Waals surface area (Å²) in [5.74, 6) is 1.14. The molecule has 34 heavy (non-hydrogen) atoms. The van der Waals surface area contributed by atoms with Crippen LogP contribution in [0.4, 0.5) is 11.5 Å². The van der Waals surface area contributed by atoms with Crippen LogP contribution in [0.5, 0.6) is 0 Å². The summed E-state index contributed by atoms with van der Waals surface area (Å²) in [6.45, 7) is 8.45. The van der Waals surface area contributed by atoms with Crippen LogP contribution in [0, 0.1) is 6.92 Å². The van der Waals surface area contributed by atoms with Gasteiger partial charge in [-0.25, -0.2) is 9.97 Å². The third-order valence-corrected chi connectivity index (χ3v) is 6.57. The largest absolute Gasteiger partial charge is 0.360 e. The fourth-order valence-electron chi connectivity index (χ4n) is 4.70. The molecular weight excluding hydrogens is 430 g/mol. The van der Waals surface area contributed by atoms with E-state index in [9.17, 15) is 9.59 Å². The molecule has 2 aromatic heterocycles. The van der Waals surface area contributed by atoms with Gasteiger partial charge in [-0.2, -0.15) is 0 Å². The van der Waals surface area contributed by atoms with Gasteiger partial charge < -0.3 is 9.84 Å². The summed E-state index contributed by atoms with van der Waals surface area (Å²) in [6, 6.07) is 6.28. The Balaban J connectivity index is 1.31. The Labute approximate surface area is 197 Å². The maximum Gasteiger partial charge on any atom is 0.225 e. The molecule has 0 fully saturated rings. The third-order valence-electron chi connectivity index (χ3n) is 6.57. The quantitative estimate of drug-likeness (QED) is 0.531. The maximum absolute atomic E-state index is 13.0. The molecule has 0 saturated carbocycles. The molecule has 0 aliphatic carbocycles. The van der Waals surface area contributed by atoms with Crippen molar-refractivity contribution >= 4 is 28.9 Å². The van der Waals surface area contributed by atoms with E-state index in [0.717, 1.165) is 11.4 Å². The van der Waals surface area contributed by atoms with Crippen molar-refractivity contribution in [2.75, 3.05) is 5.32 Å². The standard InChI is InChI=1S/C26H27N5O3/c1-13(2)18-9-16-10-20(29-19(16)7-14(18)3)21-11-23(34-31-21)15(4)8-22(32)25-17-5-6-24(33)30-26(17)28-12-27-25/h7,9,11-13,15H,5-6,8,10H2,1-4H3,(H,27,28,30,33)/t15-/m0/s1. The lowest BCUT2D eigenvalue weighted by Gasteiger charge is -2.17. The van der Waals surface area contributed by atoms with Crippen molar-refractivity contribution in [2.45, 2.75) is 65.2 Å². The molecule has 4 heterocycles. The average molecular weight is 458 g/mol. The summed E-state index contributed by atoms with van der Waals surface area (Å²) in [4.78, 5) is 37.8. The number of rotatable bonds is 6. The SMILES string of the molecule is Cc1cc2c(cc1C(C)C)CC(c1cc([C@@H](C)CC(=O)c3ncnc4c3CCC(=O)N4)on1)=N2. The van der Waals surface area contributed by atoms with Crippen molar-refractivity contribution < 1.29 is 14.1 Å². The Bertz CT molecular complexity index is 1340. The summed E-state index contributed by atoms with van der Waals surface area (Å²) in [5, 5.41) is 6.96. The number of aromatic nitrogens is 3. The lowest BCUT2D eigenvalue weighted by molar-refractivity contribution is -0.116. The van der Waals surface area contributed by atoms with Crippen molar-refractivity contribution in [2.24, 2.45) is 4.99 Å². The zero-order chi connectivity index (χ0) is 24.0. The number of ketones is 1. The number of anilines is 1. The van der Waals surface area contributed by atoms with E-state index in [1.165, 1.54) is 23.0 Å². The summed E-state index contributed by atoms with van der Waals surface area (Å²) in [6.07, 6.45) is 3.03. The van der Waals surface area contributed by atoms with Crippen molar-refractivity contribution in [3.63, 3.8) is 0 Å². The fraction of sp³-hybridized carbons (Fsp3) is 0.385. The highest BCUT2D eigenvalue weighted by Gasteiger charge is 2.27. The van der Waals surface area contributed by atoms with Crippen LogP contribution in [0.15, 0.2) is 34.0 Å². The minimum Gasteiger partial charge on any atom is -0.360 e. The number of benzene rings is 1. The van der Waals surface area contributed by atoms with Crippen molar-refractivity contribution in [1.29, 1.82) is 0 Å². The lowest BCUT2D eigenvalue weighted by atomic mass is 9.94. The molecule has 1 amide bonds. The summed E-state index contributed by atoms with van der Waals surface area (Å²) < 4.78 is 5.61. The number of aryl methyl sites for hydroxylation is 1. The second-order valence-corrected chi connectivity index (χ2v) is 9.47. The normalized spacial score (nSPS) is 15.6. The smallest absolute Gasteiger partial charge is 0.225 e. The van der Waals surface area contributed by atoms with Crippen LogP contribution in [-0.2, 0) is 17.6 Å². The zero-order valence-electron chi connectivity index (χ0n) is 19.8. The van der Waals surface area contributed by atoms with Crippen LogP contribution >= 0.6 is 0 Å². The molecule has 3 aromatic rings. The molecule has 1 N–H and O–H groups in total. The monoisotopic (exact) mass is 457 g/mol. The van der Waals surface area contributed by atoms with E-state index >= 15 is 0 Å². The number of Topliss-reactive ketones (excluding diaryl/α,β-unsaturated/α-hetero) is 1. The second kappa shape index (κ2) is 8.59. The molecule has 0 radical (unpaired) electrons. The van der Waals surface area contributed by atoms with Crippen molar-refractivity contribution in [3.05, 3.63) is 63.9 Å². The van der Waals surface area contributed by atoms with Gasteiger partial charge in [0.15, 0.2) is 5.78 Å². The van der Waals surface area contributed by atoms with Gasteiger partial charge >= 0.3 is 0 Å². The number of nitrogens with zero attached hydrogens (tertiary/aromatic N) is 4. The van der Waals surface area contributed by atoms with Gasteiger partial charge in [-0.1, -0.05) is 32.0 Å². The van der Waals surface area contributed by atoms with Gasteiger partial charge in [0.05, 0.1) is 11.4 Å². The number of hydrogen-bond acceptors (Lipinski definition) is 7. The first kappa shape index (κ1) is 22.1. The van der Waals surface area contributed by atoms with E-state index in [1.54, 1.807) is 0 Å². The van der Waals surface area contributed by atoms with E-state index in [4.69, 9.17) is 9.52 Å². The molecule has 1 atom stereocenters. The minimum absolute atomic E-state index is 0.0975. The highest BCUT2D eigenvalue weighted by Crippen LogP contribution is 2.34. The first-order valence-electron chi connectivity index (χ1n) is 11.6. The molecule has 2 aliphatic rings. The number of fused-ring (bicyclic) bond motifs is 2. The Morgan fingerprint density at radius 3 is 2.76 bits per heavy atom. The molecule has 2 aliphatic heterocycles. The molecule has 0 bridgehead atoms. The molecule has 1 aromatic carbocycles. The fourth-order valence-corrected chi connectivity index (χ4v) is 4.70. The van der Waals surface area contributed by atoms with Crippen molar-refractivity contribution in [1.82, 2.24) is 15.1 Å². The predicted molar refractivity (Wildman–Crippen MR) is 128 cm³/mol. The zero-order valence-corrected chi connectivity index (χ0v) is 19.8. The molecule has 5 rings (SSSR count). The van der Waals surface area contributed by atoms with Gasteiger partial charge in [0.2, 0.25) is 5.91 Å². The summed E-state index contributed by atoms with van der Waals surface area (Å²) in [7, 11) is 0. The van der Waals surface area contributed by atoms with Crippen LogP contribution in [-0.4, -0.2) is 32.5 Å². The average Bonchev–Trinajstić information content (AvgIpc) is 3.44. The van der Waals surface area contributed by atoms with Gasteiger partial charge in [0, 0.05) is 36.8 Å². The molecule has 8 nitrogen and oxygen atoms in total. The van der Waals surface area contributed by atoms with E-state index in [-0.39, 0.29) is 24.0 Å². The molecule has 0 unspecified atom stereocenters. The van der Waals surface area contributed by atoms with Gasteiger partial charge in [-0.3, -0.25) is 14.6 Å². The molecule has 0 saturated heterocycles. The van der Waals surface area contributed by atoms with Crippen LogP contribution in [0.2, 0.25) is 0 Å². The van der Waals surface area contributed by atoms with Crippen LogP contribution in [0.25, 0.3) is 0 Å². The highest BCUT2D eigenvalue weighted by molar-refractivity contribution is 6.05. The first-order valence-corrected chi connectivity index (χ1v) is 11.6. The number of hydrogen-bond donors (Lipinski definition) is 1. The van der Waals surface area contributed by atoms with E-state index < -0.39 is 0 Å². The number of nitrogens with one attached hydrogen (secondary N) is 1. The first-order chi connectivity index (χ1) is 16.3. The molecular formula is C26H27N5O3. The summed E-state index contributed by atoms with van der Waals surface area (Å²) >= 11 is 0. The van der Waals surface area contributed by atoms with Crippen LogP contribution < -0.4 is 5.32 Å². The Kier molecular flexibility index (Phi) is 5.59. The van der Waals surface area contributed by atoms with E-state index in [0.29, 0.717) is 53.7 Å². The van der Waals surface area contributed by atoms with E-state index in [2.05, 4.69) is 53.3 Å². The molecule has 0 spiro atoms. The summed E-state index contributed by atoms with van der Waals surface area (Å²) in [5.41, 5.74) is 7.44. The van der Waals surface area contributed by atoms with E-state index in [1.807, 2.05) is 13.0 Å². The maximum atomic E-state index is 13.0. The third kappa shape index (κ3) is 4.04. The number of aliphatic imine (C=N–C) groups is 1. The number of amides is 1. The van der Waals surface area contributed by atoms with Gasteiger partial charge in [0.25, 0.3) is 0 Å². The van der Waals surface area contributed by atoms with Gasteiger partial charge in [0.1, 0.15) is 29.3 Å². The Morgan fingerprint density at radius 2 is 1.97 bits per heavy atom. The number of carbonyl (C=O) groups excluding carboxylic acids is 2. The topological polar surface area (TPSA) is 110 Å². The Morgan fingerprint density at radius 1 is 1.15 bits per heavy atom. The van der Waals surface area contributed by atoms with Crippen molar-refractivity contribution in [3.8, 4) is 0 Å². The second-order valence-electron chi connectivity index (χ2n) is 9.47. The van der Waals surface area contributed by atoms with Gasteiger partial charge in [-0.05, 0) is 42.0 Å². The number of carbonyl (C=O) groups is 2. The molecule has 174 valence electrons. The van der Waals surface area contributed by atoms with Crippen LogP contribution in [0.1, 0.15) is 89.6 Å². The van der Waals surface area contributed by atoms with Crippen LogP contribution in [0.3, 0.4) is 0 Å². The highest BCUT2D eigenvalue weighted by atomic mass is 16.5.